The van der Waals surface area contributed by atoms with Crippen molar-refractivity contribution in [3.63, 3.8) is 0 Å². The van der Waals surface area contributed by atoms with E-state index in [1.54, 1.807) is 12.4 Å². The van der Waals surface area contributed by atoms with Gasteiger partial charge in [-0.15, -0.1) is 0 Å². The molecular weight excluding hydrogens is 442 g/mol. The number of fused-ring (bicyclic) bond motifs is 1. The number of aromatic nitrogens is 4. The van der Waals surface area contributed by atoms with Gasteiger partial charge in [-0.05, 0) is 44.6 Å². The molecule has 1 unspecified atom stereocenters. The maximum absolute atomic E-state index is 12.6. The molecule has 1 aliphatic rings. The van der Waals surface area contributed by atoms with Crippen LogP contribution in [0.5, 0.6) is 0 Å². The lowest BCUT2D eigenvalue weighted by atomic mass is 9.77. The highest BCUT2D eigenvalue weighted by molar-refractivity contribution is 6.00. The second-order valence-electron chi connectivity index (χ2n) is 9.27. The summed E-state index contributed by atoms with van der Waals surface area (Å²) in [4.78, 5) is 22.2. The highest BCUT2D eigenvalue weighted by Crippen LogP contribution is 2.40. The van der Waals surface area contributed by atoms with Crippen molar-refractivity contribution in [1.82, 2.24) is 19.6 Å². The van der Waals surface area contributed by atoms with Crippen LogP contribution in [0.3, 0.4) is 0 Å². The monoisotopic (exact) mass is 471 g/mol. The lowest BCUT2D eigenvalue weighted by Gasteiger charge is -2.31. The number of benzene rings is 1. The molecule has 35 heavy (non-hydrogen) atoms. The fraction of sp³-hybridized carbons (Fsp3) is 0.333. The van der Waals surface area contributed by atoms with Crippen LogP contribution in [0, 0.1) is 5.92 Å². The minimum atomic E-state index is -0.712. The number of carbonyl (C=O) groups is 1. The Hall–Kier alpha value is -3.62. The number of pyridine rings is 1. The average Bonchev–Trinajstić information content (AvgIpc) is 3.33. The van der Waals surface area contributed by atoms with Crippen LogP contribution in [-0.2, 0) is 0 Å². The number of hydrogen-bond acceptors (Lipinski definition) is 7. The first kappa shape index (κ1) is 23.1. The molecule has 5 rings (SSSR count). The van der Waals surface area contributed by atoms with E-state index in [2.05, 4.69) is 10.1 Å². The predicted octanol–water partition coefficient (Wildman–Crippen LogP) is 3.87. The van der Waals surface area contributed by atoms with Gasteiger partial charge in [0.1, 0.15) is 5.82 Å². The van der Waals surface area contributed by atoms with E-state index in [0.717, 1.165) is 48.1 Å². The zero-order valence-electron chi connectivity index (χ0n) is 19.6. The van der Waals surface area contributed by atoms with Crippen molar-refractivity contribution in [2.45, 2.75) is 44.6 Å². The summed E-state index contributed by atoms with van der Waals surface area (Å²) in [5, 5.41) is 23.8. The molecule has 3 heterocycles. The molecule has 0 saturated heterocycles. The lowest BCUT2D eigenvalue weighted by molar-refractivity contribution is 0.0300. The number of anilines is 1. The van der Waals surface area contributed by atoms with Gasteiger partial charge in [0, 0.05) is 28.8 Å². The fourth-order valence-corrected chi connectivity index (χ4v) is 5.15. The molecule has 1 fully saturated rings. The van der Waals surface area contributed by atoms with Crippen molar-refractivity contribution in [1.29, 1.82) is 0 Å². The molecule has 180 valence electrons. The van der Waals surface area contributed by atoms with Crippen LogP contribution in [0.2, 0.25) is 0 Å². The summed E-state index contributed by atoms with van der Waals surface area (Å²) in [6.07, 6.45) is 5.85. The van der Waals surface area contributed by atoms with Crippen molar-refractivity contribution in [3.05, 3.63) is 66.1 Å². The van der Waals surface area contributed by atoms with E-state index in [-0.39, 0.29) is 30.0 Å². The molecule has 4 N–H and O–H groups in total. The van der Waals surface area contributed by atoms with Gasteiger partial charge in [-0.2, -0.15) is 9.61 Å². The second kappa shape index (κ2) is 9.56. The number of nitrogens with two attached hydrogens (primary N) is 1. The van der Waals surface area contributed by atoms with Gasteiger partial charge in [0.2, 0.25) is 0 Å². The van der Waals surface area contributed by atoms with Crippen molar-refractivity contribution in [2.75, 3.05) is 12.3 Å². The molecule has 8 nitrogen and oxygen atoms in total. The molecule has 1 atom stereocenters. The van der Waals surface area contributed by atoms with E-state index >= 15 is 0 Å². The molecule has 1 aliphatic carbocycles. The van der Waals surface area contributed by atoms with E-state index < -0.39 is 6.10 Å². The van der Waals surface area contributed by atoms with Gasteiger partial charge >= 0.3 is 0 Å². The molecule has 0 spiro atoms. The summed E-state index contributed by atoms with van der Waals surface area (Å²) < 4.78 is 1.53. The summed E-state index contributed by atoms with van der Waals surface area (Å²) in [7, 11) is 0. The maximum Gasteiger partial charge on any atom is 0.165 e. The number of carbonyl (C=O) groups excluding carboxylic acids is 1. The largest absolute Gasteiger partial charge is 0.394 e. The van der Waals surface area contributed by atoms with Gasteiger partial charge in [-0.25, -0.2) is 4.98 Å². The van der Waals surface area contributed by atoms with Crippen molar-refractivity contribution >= 4 is 17.2 Å². The first-order valence-corrected chi connectivity index (χ1v) is 12.0. The van der Waals surface area contributed by atoms with Gasteiger partial charge < -0.3 is 15.9 Å². The molecule has 4 aromatic rings. The van der Waals surface area contributed by atoms with Crippen LogP contribution in [-0.4, -0.2) is 48.3 Å². The first-order valence-electron chi connectivity index (χ1n) is 12.0. The summed E-state index contributed by atoms with van der Waals surface area (Å²) in [5.74, 6) is 0.244. The Morgan fingerprint density at radius 3 is 2.46 bits per heavy atom. The zero-order valence-corrected chi connectivity index (χ0v) is 19.6. The van der Waals surface area contributed by atoms with Gasteiger partial charge in [-0.3, -0.25) is 9.78 Å². The molecule has 0 aliphatic heterocycles. The number of hydrogen-bond donors (Lipinski definition) is 3. The highest BCUT2D eigenvalue weighted by Gasteiger charge is 2.31. The van der Waals surface area contributed by atoms with E-state index in [0.29, 0.717) is 16.9 Å². The smallest absolute Gasteiger partial charge is 0.165 e. The summed E-state index contributed by atoms with van der Waals surface area (Å²) in [5.41, 5.74) is 11.7. The van der Waals surface area contributed by atoms with Crippen LogP contribution < -0.4 is 5.73 Å². The third kappa shape index (κ3) is 4.31. The average molecular weight is 472 g/mol. The Morgan fingerprint density at radius 1 is 1.09 bits per heavy atom. The van der Waals surface area contributed by atoms with Crippen LogP contribution in [0.25, 0.3) is 28.0 Å². The lowest BCUT2D eigenvalue weighted by Crippen LogP contribution is -2.28. The summed E-state index contributed by atoms with van der Waals surface area (Å²) in [6.45, 7) is 1.27. The van der Waals surface area contributed by atoms with Crippen LogP contribution >= 0.6 is 0 Å². The molecule has 0 bridgehead atoms. The second-order valence-corrected chi connectivity index (χ2v) is 9.27. The molecule has 0 amide bonds. The molecule has 3 aromatic heterocycles. The number of nitrogens with zero attached hydrogens (tertiary/aromatic N) is 4. The molecular formula is C27H29N5O3. The zero-order chi connectivity index (χ0) is 24.5. The maximum atomic E-state index is 12.6. The fourth-order valence-electron chi connectivity index (χ4n) is 5.15. The predicted molar refractivity (Wildman–Crippen MR) is 134 cm³/mol. The normalized spacial score (nSPS) is 19.1. The van der Waals surface area contributed by atoms with E-state index in [1.165, 1.54) is 11.4 Å². The van der Waals surface area contributed by atoms with Crippen molar-refractivity contribution < 1.29 is 15.0 Å². The number of ketones is 1. The summed E-state index contributed by atoms with van der Waals surface area (Å²) in [6, 6.07) is 13.9. The topological polar surface area (TPSA) is 127 Å². The van der Waals surface area contributed by atoms with E-state index in [4.69, 9.17) is 10.7 Å². The van der Waals surface area contributed by atoms with Crippen molar-refractivity contribution in [2.24, 2.45) is 5.92 Å². The molecule has 8 heteroatoms. The minimum Gasteiger partial charge on any atom is -0.394 e. The van der Waals surface area contributed by atoms with Gasteiger partial charge in [0.05, 0.1) is 35.9 Å². The van der Waals surface area contributed by atoms with E-state index in [9.17, 15) is 15.0 Å². The van der Waals surface area contributed by atoms with Crippen LogP contribution in [0.1, 0.15) is 54.6 Å². The minimum absolute atomic E-state index is 0.0460. The van der Waals surface area contributed by atoms with Gasteiger partial charge in [0.15, 0.2) is 11.4 Å². The van der Waals surface area contributed by atoms with Crippen LogP contribution in [0.15, 0.2) is 54.9 Å². The Kier molecular flexibility index (Phi) is 6.32. The molecule has 0 radical (unpaired) electrons. The summed E-state index contributed by atoms with van der Waals surface area (Å²) >= 11 is 0. The third-order valence-electron chi connectivity index (χ3n) is 7.10. The number of rotatable bonds is 6. The first-order chi connectivity index (χ1) is 17.0. The SMILES string of the molecule is CC(=O)c1c(N)n2ncc(-c3ccc(-c4ccccc4)nc3)c2nc1[C@H]1CC[C@H](C(O)CO)CC1. The highest BCUT2D eigenvalue weighted by atomic mass is 16.3. The van der Waals surface area contributed by atoms with Gasteiger partial charge in [0.25, 0.3) is 0 Å². The number of nitrogen functional groups attached to an aromatic ring is 1. The third-order valence-corrected chi connectivity index (χ3v) is 7.10. The van der Waals surface area contributed by atoms with Crippen LogP contribution in [0.4, 0.5) is 5.82 Å². The van der Waals surface area contributed by atoms with Crippen molar-refractivity contribution in [3.8, 4) is 22.4 Å². The molecule has 1 aromatic carbocycles. The Bertz CT molecular complexity index is 1340. The Morgan fingerprint density at radius 2 is 1.83 bits per heavy atom. The number of aliphatic hydroxyl groups is 2. The number of aliphatic hydroxyl groups excluding tert-OH is 2. The Labute approximate surface area is 203 Å². The molecule has 1 saturated carbocycles. The quantitative estimate of drug-likeness (QED) is 0.364. The standard InChI is InChI=1S/C27H29N5O3/c1-16(34)24-25(19-9-7-18(8-10-19)23(35)15-33)31-27-21(14-30-32(27)26(24)28)20-11-12-22(29-13-20)17-5-3-2-4-6-17/h2-6,11-14,18-19,23,33,35H,7-10,15,28H2,1H3/t18-,19-,23?. The Balaban J connectivity index is 1.53. The number of Topliss-reactive ketones (excluding diaryl/α,β-unsaturated/α-hetero) is 1. The van der Waals surface area contributed by atoms with Gasteiger partial charge in [-0.1, -0.05) is 36.4 Å². The van der Waals surface area contributed by atoms with E-state index in [1.807, 2.05) is 42.5 Å².